The summed E-state index contributed by atoms with van der Waals surface area (Å²) in [4.78, 5) is 30.5. The number of hydrogen-bond acceptors (Lipinski definition) is 4. The van der Waals surface area contributed by atoms with Gasteiger partial charge in [0, 0.05) is 50.7 Å². The molecule has 2 amide bonds. The number of benzene rings is 1. The van der Waals surface area contributed by atoms with Crippen molar-refractivity contribution < 1.29 is 14.3 Å². The summed E-state index contributed by atoms with van der Waals surface area (Å²) in [6.07, 6.45) is 2.22. The van der Waals surface area contributed by atoms with Crippen molar-refractivity contribution in [2.45, 2.75) is 57.6 Å². The standard InChI is InChI=1S/C22H33N5O3/c1-22(2,3)30-21(29)27(16-9-10-16)12-11-24-20(23-4)25-14-15-13-19(28)26-18-8-6-5-7-17(15)18/h5-8,15-16H,9-14H2,1-4H3,(H,26,28)(H2,23,24,25). The van der Waals surface area contributed by atoms with Crippen molar-refractivity contribution in [3.8, 4) is 0 Å². The second kappa shape index (κ2) is 9.36. The van der Waals surface area contributed by atoms with Crippen LogP contribution in [0.4, 0.5) is 10.5 Å². The summed E-state index contributed by atoms with van der Waals surface area (Å²) in [6, 6.07) is 8.15. The number of para-hydroxylation sites is 1. The van der Waals surface area contributed by atoms with Gasteiger partial charge in [0.2, 0.25) is 5.91 Å². The van der Waals surface area contributed by atoms with E-state index in [4.69, 9.17) is 4.74 Å². The van der Waals surface area contributed by atoms with E-state index >= 15 is 0 Å². The predicted molar refractivity (Wildman–Crippen MR) is 118 cm³/mol. The van der Waals surface area contributed by atoms with Gasteiger partial charge in [-0.25, -0.2) is 4.79 Å². The minimum Gasteiger partial charge on any atom is -0.444 e. The zero-order valence-corrected chi connectivity index (χ0v) is 18.3. The Morgan fingerprint density at radius 2 is 2.00 bits per heavy atom. The summed E-state index contributed by atoms with van der Waals surface area (Å²) in [5.74, 6) is 0.762. The minimum absolute atomic E-state index is 0.0286. The van der Waals surface area contributed by atoms with Gasteiger partial charge in [-0.3, -0.25) is 9.79 Å². The second-order valence-electron chi connectivity index (χ2n) is 8.82. The number of amides is 2. The molecular formula is C22H33N5O3. The smallest absolute Gasteiger partial charge is 0.410 e. The highest BCUT2D eigenvalue weighted by Gasteiger charge is 2.35. The lowest BCUT2D eigenvalue weighted by atomic mass is 9.90. The van der Waals surface area contributed by atoms with Gasteiger partial charge in [-0.15, -0.1) is 0 Å². The van der Waals surface area contributed by atoms with Gasteiger partial charge < -0.3 is 25.6 Å². The molecule has 1 aromatic carbocycles. The van der Waals surface area contributed by atoms with E-state index in [2.05, 4.69) is 20.9 Å². The van der Waals surface area contributed by atoms with Gasteiger partial charge in [0.25, 0.3) is 0 Å². The van der Waals surface area contributed by atoms with Gasteiger partial charge in [-0.2, -0.15) is 0 Å². The summed E-state index contributed by atoms with van der Waals surface area (Å²) in [5, 5.41) is 9.49. The number of carbonyl (C=O) groups excluding carboxylic acids is 2. The lowest BCUT2D eigenvalue weighted by Gasteiger charge is -2.28. The van der Waals surface area contributed by atoms with Crippen LogP contribution in [0.5, 0.6) is 0 Å². The van der Waals surface area contributed by atoms with Crippen molar-refractivity contribution in [1.29, 1.82) is 0 Å². The fourth-order valence-electron chi connectivity index (χ4n) is 3.55. The van der Waals surface area contributed by atoms with E-state index in [1.807, 2.05) is 45.0 Å². The normalized spacial score (nSPS) is 18.9. The van der Waals surface area contributed by atoms with Crippen LogP contribution in [0.25, 0.3) is 0 Å². The lowest BCUT2D eigenvalue weighted by molar-refractivity contribution is -0.116. The van der Waals surface area contributed by atoms with Crippen molar-refractivity contribution >= 4 is 23.6 Å². The highest BCUT2D eigenvalue weighted by atomic mass is 16.6. The molecule has 1 atom stereocenters. The van der Waals surface area contributed by atoms with Gasteiger partial charge in [-0.05, 0) is 45.2 Å². The van der Waals surface area contributed by atoms with Crippen molar-refractivity contribution in [3.05, 3.63) is 29.8 Å². The maximum atomic E-state index is 12.5. The Balaban J connectivity index is 1.49. The van der Waals surface area contributed by atoms with E-state index in [9.17, 15) is 9.59 Å². The number of aliphatic imine (C=N–C) groups is 1. The molecule has 1 aromatic rings. The van der Waals surface area contributed by atoms with Crippen LogP contribution < -0.4 is 16.0 Å². The van der Waals surface area contributed by atoms with Gasteiger partial charge in [0.15, 0.2) is 5.96 Å². The second-order valence-corrected chi connectivity index (χ2v) is 8.82. The average Bonchev–Trinajstić information content (AvgIpc) is 3.50. The summed E-state index contributed by atoms with van der Waals surface area (Å²) < 4.78 is 5.53. The lowest BCUT2D eigenvalue weighted by Crippen LogP contribution is -2.46. The number of guanidine groups is 1. The molecule has 8 heteroatoms. The number of carbonyl (C=O) groups is 2. The van der Waals surface area contributed by atoms with E-state index < -0.39 is 5.60 Å². The van der Waals surface area contributed by atoms with E-state index in [1.165, 1.54) is 0 Å². The van der Waals surface area contributed by atoms with Crippen LogP contribution in [0, 0.1) is 0 Å². The molecule has 0 saturated heterocycles. The van der Waals surface area contributed by atoms with Gasteiger partial charge in [-0.1, -0.05) is 18.2 Å². The van der Waals surface area contributed by atoms with Crippen LogP contribution in [-0.2, 0) is 9.53 Å². The Kier molecular flexibility index (Phi) is 6.84. The molecule has 0 aromatic heterocycles. The summed E-state index contributed by atoms with van der Waals surface area (Å²) in [5.41, 5.74) is 1.50. The number of nitrogens with one attached hydrogen (secondary N) is 3. The van der Waals surface area contributed by atoms with Crippen molar-refractivity contribution in [1.82, 2.24) is 15.5 Å². The third-order valence-corrected chi connectivity index (χ3v) is 5.11. The first kappa shape index (κ1) is 21.9. The SMILES string of the molecule is CN=C(NCCN(C(=O)OC(C)(C)C)C1CC1)NCC1CC(=O)Nc2ccccc21. The molecule has 3 N–H and O–H groups in total. The topological polar surface area (TPSA) is 95.1 Å². The van der Waals surface area contributed by atoms with Gasteiger partial charge >= 0.3 is 6.09 Å². The highest BCUT2D eigenvalue weighted by molar-refractivity contribution is 5.94. The Morgan fingerprint density at radius 1 is 1.27 bits per heavy atom. The van der Waals surface area contributed by atoms with Crippen LogP contribution in [0.2, 0.25) is 0 Å². The number of rotatable bonds is 6. The fraction of sp³-hybridized carbons (Fsp3) is 0.591. The van der Waals surface area contributed by atoms with Crippen molar-refractivity contribution in [3.63, 3.8) is 0 Å². The Morgan fingerprint density at radius 3 is 2.67 bits per heavy atom. The van der Waals surface area contributed by atoms with Crippen LogP contribution in [0.1, 0.15) is 51.5 Å². The molecule has 1 heterocycles. The molecule has 0 radical (unpaired) electrons. The molecule has 0 spiro atoms. The monoisotopic (exact) mass is 415 g/mol. The fourth-order valence-corrected chi connectivity index (χ4v) is 3.55. The van der Waals surface area contributed by atoms with E-state index in [0.29, 0.717) is 32.0 Å². The van der Waals surface area contributed by atoms with E-state index in [-0.39, 0.29) is 24.0 Å². The highest BCUT2D eigenvalue weighted by Crippen LogP contribution is 2.31. The maximum Gasteiger partial charge on any atom is 0.410 e. The van der Waals surface area contributed by atoms with Crippen LogP contribution in [-0.4, -0.2) is 61.2 Å². The zero-order valence-electron chi connectivity index (χ0n) is 18.3. The first-order valence-electron chi connectivity index (χ1n) is 10.6. The van der Waals surface area contributed by atoms with Gasteiger partial charge in [0.05, 0.1) is 0 Å². The molecule has 1 aliphatic heterocycles. The first-order chi connectivity index (χ1) is 14.3. The zero-order chi connectivity index (χ0) is 21.7. The molecule has 30 heavy (non-hydrogen) atoms. The number of ether oxygens (including phenoxy) is 1. The maximum absolute atomic E-state index is 12.5. The van der Waals surface area contributed by atoms with Crippen LogP contribution >= 0.6 is 0 Å². The number of hydrogen-bond donors (Lipinski definition) is 3. The third-order valence-electron chi connectivity index (χ3n) is 5.11. The van der Waals surface area contributed by atoms with E-state index in [0.717, 1.165) is 24.1 Å². The molecule has 1 unspecified atom stereocenters. The summed E-state index contributed by atoms with van der Waals surface area (Å²) in [7, 11) is 1.71. The Bertz CT molecular complexity index is 798. The Labute approximate surface area is 178 Å². The molecular weight excluding hydrogens is 382 g/mol. The minimum atomic E-state index is -0.502. The quantitative estimate of drug-likeness (QED) is 0.490. The van der Waals surface area contributed by atoms with Gasteiger partial charge in [0.1, 0.15) is 5.60 Å². The largest absolute Gasteiger partial charge is 0.444 e. The molecule has 2 aliphatic rings. The Hall–Kier alpha value is -2.77. The average molecular weight is 416 g/mol. The summed E-state index contributed by atoms with van der Waals surface area (Å²) in [6.45, 7) is 7.35. The number of nitrogens with zero attached hydrogens (tertiary/aromatic N) is 2. The third kappa shape index (κ3) is 6.11. The van der Waals surface area contributed by atoms with Crippen molar-refractivity contribution in [2.24, 2.45) is 4.99 Å². The number of anilines is 1. The van der Waals surface area contributed by atoms with Crippen molar-refractivity contribution in [2.75, 3.05) is 32.0 Å². The molecule has 1 fully saturated rings. The number of fused-ring (bicyclic) bond motifs is 1. The molecule has 0 bridgehead atoms. The predicted octanol–water partition coefficient (Wildman–Crippen LogP) is 2.68. The first-order valence-corrected chi connectivity index (χ1v) is 10.6. The molecule has 3 rings (SSSR count). The molecule has 1 saturated carbocycles. The van der Waals surface area contributed by atoms with E-state index in [1.54, 1.807) is 11.9 Å². The molecule has 1 aliphatic carbocycles. The molecule has 8 nitrogen and oxygen atoms in total. The molecule has 164 valence electrons. The summed E-state index contributed by atoms with van der Waals surface area (Å²) >= 11 is 0. The van der Waals surface area contributed by atoms with Crippen LogP contribution in [0.15, 0.2) is 29.3 Å². The van der Waals surface area contributed by atoms with Crippen LogP contribution in [0.3, 0.4) is 0 Å².